The monoisotopic (exact) mass is 188 g/mol. The molecule has 0 radical (unpaired) electrons. The minimum atomic E-state index is -0.503. The highest BCUT2D eigenvalue weighted by Gasteiger charge is 2.15. The first-order valence-electron chi connectivity index (χ1n) is 4.18. The number of hydrogen-bond donors (Lipinski definition) is 2. The lowest BCUT2D eigenvalue weighted by molar-refractivity contribution is -0.130. The summed E-state index contributed by atoms with van der Waals surface area (Å²) in [6.45, 7) is 4.56. The summed E-state index contributed by atoms with van der Waals surface area (Å²) < 4.78 is 4.39. The van der Waals surface area contributed by atoms with Gasteiger partial charge in [-0.05, 0) is 5.92 Å². The molecule has 5 heteroatoms. The summed E-state index contributed by atoms with van der Waals surface area (Å²) >= 11 is 0. The Morgan fingerprint density at radius 2 is 2.23 bits per heavy atom. The predicted molar refractivity (Wildman–Crippen MR) is 47.8 cm³/mol. The molecule has 0 saturated carbocycles. The number of carbonyl (C=O) groups is 2. The third-order valence-electron chi connectivity index (χ3n) is 1.61. The Morgan fingerprint density at radius 3 is 2.69 bits per heavy atom. The van der Waals surface area contributed by atoms with Crippen molar-refractivity contribution in [2.75, 3.05) is 13.2 Å². The maximum atomic E-state index is 11.2. The fraction of sp³-hybridized carbons (Fsp3) is 0.750. The van der Waals surface area contributed by atoms with E-state index < -0.39 is 6.04 Å². The van der Waals surface area contributed by atoms with Crippen LogP contribution < -0.4 is 11.1 Å². The highest BCUT2D eigenvalue weighted by Crippen LogP contribution is 1.96. The molecular formula is C8H16N2O3. The summed E-state index contributed by atoms with van der Waals surface area (Å²) in [5.74, 6) is -0.114. The lowest BCUT2D eigenvalue weighted by atomic mass is 10.1. The average Bonchev–Trinajstić information content (AvgIpc) is 2.10. The number of hydrogen-bond acceptors (Lipinski definition) is 4. The summed E-state index contributed by atoms with van der Waals surface area (Å²) in [5, 5.41) is 2.55. The van der Waals surface area contributed by atoms with Crippen LogP contribution >= 0.6 is 0 Å². The number of nitrogens with two attached hydrogens (primary N) is 1. The Hall–Kier alpha value is -1.10. The van der Waals surface area contributed by atoms with Crippen LogP contribution in [-0.4, -0.2) is 31.6 Å². The Kier molecular flexibility index (Phi) is 5.88. The standard InChI is InChI=1S/C8H16N2O3/c1-6(2)7(9)8(12)10-3-4-13-5-11/h5-7H,3-4,9H2,1-2H3,(H,10,12). The molecule has 13 heavy (non-hydrogen) atoms. The van der Waals surface area contributed by atoms with Gasteiger partial charge in [0.15, 0.2) is 0 Å². The van der Waals surface area contributed by atoms with Crippen LogP contribution in [0.25, 0.3) is 0 Å². The van der Waals surface area contributed by atoms with Crippen LogP contribution in [0.15, 0.2) is 0 Å². The lowest BCUT2D eigenvalue weighted by Crippen LogP contribution is -2.44. The van der Waals surface area contributed by atoms with Gasteiger partial charge in [0, 0.05) is 0 Å². The number of ether oxygens (including phenoxy) is 1. The van der Waals surface area contributed by atoms with Gasteiger partial charge in [0.05, 0.1) is 12.6 Å². The third kappa shape index (κ3) is 5.19. The van der Waals surface area contributed by atoms with E-state index in [0.717, 1.165) is 0 Å². The maximum absolute atomic E-state index is 11.2. The van der Waals surface area contributed by atoms with Gasteiger partial charge in [-0.2, -0.15) is 0 Å². The molecule has 3 N–H and O–H groups in total. The molecule has 0 bridgehead atoms. The Morgan fingerprint density at radius 1 is 1.62 bits per heavy atom. The first-order valence-corrected chi connectivity index (χ1v) is 4.18. The van der Waals surface area contributed by atoms with Gasteiger partial charge in [-0.15, -0.1) is 0 Å². The van der Waals surface area contributed by atoms with Gasteiger partial charge in [-0.25, -0.2) is 0 Å². The first kappa shape index (κ1) is 11.9. The molecular weight excluding hydrogens is 172 g/mol. The van der Waals surface area contributed by atoms with Crippen LogP contribution in [0.2, 0.25) is 0 Å². The number of carbonyl (C=O) groups excluding carboxylic acids is 2. The molecule has 0 fully saturated rings. The minimum absolute atomic E-state index is 0.104. The third-order valence-corrected chi connectivity index (χ3v) is 1.61. The second kappa shape index (κ2) is 6.42. The second-order valence-corrected chi connectivity index (χ2v) is 3.03. The Balaban J connectivity index is 3.56. The first-order chi connectivity index (χ1) is 6.09. The van der Waals surface area contributed by atoms with Gasteiger partial charge in [0.1, 0.15) is 6.61 Å². The molecule has 0 saturated heterocycles. The quantitative estimate of drug-likeness (QED) is 0.425. The molecule has 1 atom stereocenters. The van der Waals surface area contributed by atoms with Gasteiger partial charge in [-0.3, -0.25) is 9.59 Å². The molecule has 0 aliphatic rings. The largest absolute Gasteiger partial charge is 0.466 e. The average molecular weight is 188 g/mol. The summed E-state index contributed by atoms with van der Waals surface area (Å²) in [6.07, 6.45) is 0. The van der Waals surface area contributed by atoms with Crippen molar-refractivity contribution < 1.29 is 14.3 Å². The molecule has 0 aromatic carbocycles. The van der Waals surface area contributed by atoms with Crippen molar-refractivity contribution in [1.82, 2.24) is 5.32 Å². The van der Waals surface area contributed by atoms with Crippen molar-refractivity contribution in [3.8, 4) is 0 Å². The topological polar surface area (TPSA) is 81.4 Å². The molecule has 0 aliphatic carbocycles. The number of amides is 1. The number of rotatable bonds is 6. The van der Waals surface area contributed by atoms with Crippen LogP contribution in [0.1, 0.15) is 13.8 Å². The van der Waals surface area contributed by atoms with Crippen molar-refractivity contribution in [3.63, 3.8) is 0 Å². The van der Waals surface area contributed by atoms with Crippen molar-refractivity contribution in [2.45, 2.75) is 19.9 Å². The summed E-state index contributed by atoms with van der Waals surface area (Å²) in [4.78, 5) is 20.9. The molecule has 0 aliphatic heterocycles. The smallest absolute Gasteiger partial charge is 0.293 e. The van der Waals surface area contributed by atoms with Gasteiger partial charge in [0.2, 0.25) is 5.91 Å². The highest BCUT2D eigenvalue weighted by atomic mass is 16.5. The van der Waals surface area contributed by atoms with E-state index in [4.69, 9.17) is 5.73 Å². The molecule has 0 rings (SSSR count). The maximum Gasteiger partial charge on any atom is 0.293 e. The zero-order chi connectivity index (χ0) is 10.3. The molecule has 76 valence electrons. The van der Waals surface area contributed by atoms with Crippen molar-refractivity contribution in [1.29, 1.82) is 0 Å². The molecule has 0 heterocycles. The number of nitrogens with one attached hydrogen (secondary N) is 1. The molecule has 5 nitrogen and oxygen atoms in total. The van der Waals surface area contributed by atoms with Crippen LogP contribution in [0.4, 0.5) is 0 Å². The Labute approximate surface area is 77.6 Å². The van der Waals surface area contributed by atoms with Crippen LogP contribution in [-0.2, 0) is 14.3 Å². The molecule has 0 spiro atoms. The van der Waals surface area contributed by atoms with E-state index in [9.17, 15) is 9.59 Å². The highest BCUT2D eigenvalue weighted by molar-refractivity contribution is 5.81. The summed E-state index contributed by atoms with van der Waals surface area (Å²) in [6, 6.07) is -0.503. The zero-order valence-corrected chi connectivity index (χ0v) is 7.95. The fourth-order valence-corrected chi connectivity index (χ4v) is 0.702. The lowest BCUT2D eigenvalue weighted by Gasteiger charge is -2.14. The van der Waals surface area contributed by atoms with Crippen LogP contribution in [0.5, 0.6) is 0 Å². The van der Waals surface area contributed by atoms with E-state index in [-0.39, 0.29) is 18.4 Å². The molecule has 0 aromatic rings. The van der Waals surface area contributed by atoms with Crippen LogP contribution in [0.3, 0.4) is 0 Å². The SMILES string of the molecule is CC(C)C(N)C(=O)NCCOC=O. The molecule has 1 amide bonds. The predicted octanol–water partition coefficient (Wildman–Crippen LogP) is -0.741. The summed E-state index contributed by atoms with van der Waals surface area (Å²) in [7, 11) is 0. The van der Waals surface area contributed by atoms with E-state index >= 15 is 0 Å². The van der Waals surface area contributed by atoms with E-state index in [1.54, 1.807) is 0 Å². The van der Waals surface area contributed by atoms with E-state index in [2.05, 4.69) is 10.1 Å². The van der Waals surface area contributed by atoms with Gasteiger partial charge in [0.25, 0.3) is 6.47 Å². The van der Waals surface area contributed by atoms with E-state index in [1.165, 1.54) is 0 Å². The van der Waals surface area contributed by atoms with Crippen molar-refractivity contribution in [3.05, 3.63) is 0 Å². The zero-order valence-electron chi connectivity index (χ0n) is 7.95. The van der Waals surface area contributed by atoms with Crippen LogP contribution in [0, 0.1) is 5.92 Å². The van der Waals surface area contributed by atoms with E-state index in [0.29, 0.717) is 13.0 Å². The second-order valence-electron chi connectivity index (χ2n) is 3.03. The molecule has 0 aromatic heterocycles. The normalized spacial score (nSPS) is 12.3. The minimum Gasteiger partial charge on any atom is -0.466 e. The summed E-state index contributed by atoms with van der Waals surface area (Å²) in [5.41, 5.74) is 5.55. The van der Waals surface area contributed by atoms with Gasteiger partial charge in [-0.1, -0.05) is 13.8 Å². The fourth-order valence-electron chi connectivity index (χ4n) is 0.702. The Bertz CT molecular complexity index is 171. The van der Waals surface area contributed by atoms with Gasteiger partial charge < -0.3 is 15.8 Å². The van der Waals surface area contributed by atoms with Gasteiger partial charge >= 0.3 is 0 Å². The van der Waals surface area contributed by atoms with E-state index in [1.807, 2.05) is 13.8 Å². The molecule has 1 unspecified atom stereocenters. The van der Waals surface area contributed by atoms with Crippen molar-refractivity contribution in [2.24, 2.45) is 11.7 Å². The van der Waals surface area contributed by atoms with Crippen molar-refractivity contribution >= 4 is 12.4 Å².